The molecular weight excluding hydrogens is 224 g/mol. The van der Waals surface area contributed by atoms with Crippen molar-refractivity contribution in [3.05, 3.63) is 17.8 Å². The Hall–Kier alpha value is -0.830. The summed E-state index contributed by atoms with van der Waals surface area (Å²) in [7, 11) is 0. The molecule has 18 heavy (non-hydrogen) atoms. The van der Waals surface area contributed by atoms with Crippen molar-refractivity contribution in [3.8, 4) is 0 Å². The molecule has 4 bridgehead atoms. The fraction of sp³-hybridized carbons (Fsp3) is 0.800. The molecule has 3 nitrogen and oxygen atoms in total. The maximum Gasteiger partial charge on any atom is 0.181 e. The average Bonchev–Trinajstić information content (AvgIpc) is 2.73. The fourth-order valence-corrected chi connectivity index (χ4v) is 5.45. The van der Waals surface area contributed by atoms with E-state index in [-0.39, 0.29) is 0 Å². The summed E-state index contributed by atoms with van der Waals surface area (Å²) in [6.07, 6.45) is 11.4. The van der Waals surface area contributed by atoms with Gasteiger partial charge in [0.15, 0.2) is 6.39 Å². The molecule has 0 aliphatic heterocycles. The molecule has 0 atom stereocenters. The number of hydrogen-bond donors (Lipinski definition) is 1. The first-order chi connectivity index (χ1) is 8.76. The molecule has 0 radical (unpaired) electrons. The second-order valence-electron chi connectivity index (χ2n) is 7.02. The van der Waals surface area contributed by atoms with Crippen LogP contribution in [-0.2, 0) is 13.0 Å². The minimum Gasteiger partial charge on any atom is -0.448 e. The molecular formula is C15H22N2O. The molecule has 4 fully saturated rings. The predicted molar refractivity (Wildman–Crippen MR) is 68.7 cm³/mol. The van der Waals surface area contributed by atoms with Crippen LogP contribution in [0, 0.1) is 23.2 Å². The Labute approximate surface area is 108 Å². The highest BCUT2D eigenvalue weighted by Crippen LogP contribution is 2.61. The van der Waals surface area contributed by atoms with Crippen LogP contribution in [0.15, 0.2) is 10.8 Å². The molecule has 98 valence electrons. The molecule has 4 saturated carbocycles. The molecule has 1 aromatic rings. The number of hydrogen-bond acceptors (Lipinski definition) is 3. The summed E-state index contributed by atoms with van der Waals surface area (Å²) in [6.45, 7) is 0.512. The summed E-state index contributed by atoms with van der Waals surface area (Å²) < 4.78 is 5.60. The van der Waals surface area contributed by atoms with E-state index in [0.29, 0.717) is 12.0 Å². The molecule has 1 aromatic heterocycles. The summed E-state index contributed by atoms with van der Waals surface area (Å²) in [4.78, 5) is 4.24. The predicted octanol–water partition coefficient (Wildman–Crippen LogP) is 2.89. The molecule has 0 spiro atoms. The highest BCUT2D eigenvalue weighted by Gasteiger charge is 2.51. The lowest BCUT2D eigenvalue weighted by Crippen LogP contribution is -2.47. The van der Waals surface area contributed by atoms with Gasteiger partial charge in [0, 0.05) is 13.0 Å². The minimum atomic E-state index is 0.512. The quantitative estimate of drug-likeness (QED) is 0.892. The van der Waals surface area contributed by atoms with Crippen LogP contribution in [0.5, 0.6) is 0 Å². The summed E-state index contributed by atoms with van der Waals surface area (Å²) in [5.41, 5.74) is 7.24. The van der Waals surface area contributed by atoms with Gasteiger partial charge in [-0.15, -0.1) is 0 Å². The van der Waals surface area contributed by atoms with Crippen LogP contribution in [0.3, 0.4) is 0 Å². The van der Waals surface area contributed by atoms with E-state index >= 15 is 0 Å². The first-order valence-corrected chi connectivity index (χ1v) is 7.38. The maximum atomic E-state index is 5.74. The molecule has 1 heterocycles. The van der Waals surface area contributed by atoms with Crippen LogP contribution in [0.1, 0.15) is 50.0 Å². The van der Waals surface area contributed by atoms with Gasteiger partial charge in [0.2, 0.25) is 0 Å². The third-order valence-electron chi connectivity index (χ3n) is 5.62. The first-order valence-electron chi connectivity index (χ1n) is 7.38. The number of rotatable bonds is 3. The van der Waals surface area contributed by atoms with E-state index < -0.39 is 0 Å². The summed E-state index contributed by atoms with van der Waals surface area (Å²) in [5, 5.41) is 0. The number of nitrogens with two attached hydrogens (primary N) is 1. The summed E-state index contributed by atoms with van der Waals surface area (Å²) in [6, 6.07) is 0. The zero-order valence-electron chi connectivity index (χ0n) is 10.9. The molecule has 0 aromatic carbocycles. The minimum absolute atomic E-state index is 0.512. The Morgan fingerprint density at radius 3 is 2.33 bits per heavy atom. The fourth-order valence-electron chi connectivity index (χ4n) is 5.45. The molecule has 3 heteroatoms. The van der Waals surface area contributed by atoms with E-state index in [4.69, 9.17) is 10.2 Å². The molecule has 2 N–H and O–H groups in total. The Bertz CT molecular complexity index is 416. The first kappa shape index (κ1) is 11.0. The summed E-state index contributed by atoms with van der Waals surface area (Å²) >= 11 is 0. The van der Waals surface area contributed by atoms with Crippen molar-refractivity contribution in [2.24, 2.45) is 28.9 Å². The zero-order valence-corrected chi connectivity index (χ0v) is 10.9. The molecule has 0 amide bonds. The van der Waals surface area contributed by atoms with Crippen LogP contribution in [-0.4, -0.2) is 4.98 Å². The van der Waals surface area contributed by atoms with Gasteiger partial charge < -0.3 is 10.2 Å². The van der Waals surface area contributed by atoms with Crippen LogP contribution >= 0.6 is 0 Å². The highest BCUT2D eigenvalue weighted by molar-refractivity contribution is 5.13. The van der Waals surface area contributed by atoms with Gasteiger partial charge in [0.25, 0.3) is 0 Å². The van der Waals surface area contributed by atoms with E-state index in [1.54, 1.807) is 6.39 Å². The smallest absolute Gasteiger partial charge is 0.181 e. The third kappa shape index (κ3) is 1.63. The maximum absolute atomic E-state index is 5.74. The second kappa shape index (κ2) is 3.83. The zero-order chi connectivity index (χ0) is 12.2. The molecule has 4 aliphatic rings. The van der Waals surface area contributed by atoms with E-state index in [9.17, 15) is 0 Å². The lowest BCUT2D eigenvalue weighted by molar-refractivity contribution is -0.0545. The van der Waals surface area contributed by atoms with E-state index in [1.165, 1.54) is 38.5 Å². The van der Waals surface area contributed by atoms with Crippen LogP contribution < -0.4 is 5.73 Å². The SMILES string of the molecule is NCc1ncoc1CC12CC3CC(CC(C3)C1)C2. The van der Waals surface area contributed by atoms with Crippen molar-refractivity contribution in [2.45, 2.75) is 51.5 Å². The van der Waals surface area contributed by atoms with Crippen LogP contribution in [0.25, 0.3) is 0 Å². The lowest BCUT2D eigenvalue weighted by atomic mass is 9.48. The van der Waals surface area contributed by atoms with Gasteiger partial charge in [-0.3, -0.25) is 0 Å². The van der Waals surface area contributed by atoms with Crippen molar-refractivity contribution >= 4 is 0 Å². The normalized spacial score (nSPS) is 41.5. The van der Waals surface area contributed by atoms with Crippen molar-refractivity contribution in [1.82, 2.24) is 4.98 Å². The van der Waals surface area contributed by atoms with E-state index in [1.807, 2.05) is 0 Å². The summed E-state index contributed by atoms with van der Waals surface area (Å²) in [5.74, 6) is 4.07. The Morgan fingerprint density at radius 2 is 1.78 bits per heavy atom. The van der Waals surface area contributed by atoms with Gasteiger partial charge in [0.1, 0.15) is 5.76 Å². The van der Waals surface area contributed by atoms with E-state index in [0.717, 1.165) is 35.6 Å². The average molecular weight is 246 g/mol. The van der Waals surface area contributed by atoms with Crippen LogP contribution in [0.2, 0.25) is 0 Å². The topological polar surface area (TPSA) is 52.0 Å². The second-order valence-corrected chi connectivity index (χ2v) is 7.02. The van der Waals surface area contributed by atoms with Gasteiger partial charge in [-0.05, 0) is 61.7 Å². The van der Waals surface area contributed by atoms with Gasteiger partial charge in [-0.25, -0.2) is 4.98 Å². The lowest BCUT2D eigenvalue weighted by Gasteiger charge is -2.56. The molecule has 5 rings (SSSR count). The third-order valence-corrected chi connectivity index (χ3v) is 5.62. The van der Waals surface area contributed by atoms with Gasteiger partial charge >= 0.3 is 0 Å². The van der Waals surface area contributed by atoms with Crippen molar-refractivity contribution < 1.29 is 4.42 Å². The Morgan fingerprint density at radius 1 is 1.17 bits per heavy atom. The largest absolute Gasteiger partial charge is 0.448 e. The van der Waals surface area contributed by atoms with Crippen molar-refractivity contribution in [1.29, 1.82) is 0 Å². The Balaban J connectivity index is 1.61. The van der Waals surface area contributed by atoms with Gasteiger partial charge in [-0.1, -0.05) is 0 Å². The van der Waals surface area contributed by atoms with Crippen molar-refractivity contribution in [3.63, 3.8) is 0 Å². The van der Waals surface area contributed by atoms with E-state index in [2.05, 4.69) is 4.98 Å². The molecule has 0 unspecified atom stereocenters. The monoisotopic (exact) mass is 246 g/mol. The van der Waals surface area contributed by atoms with Gasteiger partial charge in [-0.2, -0.15) is 0 Å². The standard InChI is InChI=1S/C15H22N2O/c16-8-13-14(18-9-17-13)7-15-4-10-1-11(5-15)3-12(2-10)6-15/h9-12H,1-8,16H2. The molecule has 4 aliphatic carbocycles. The molecule has 0 saturated heterocycles. The van der Waals surface area contributed by atoms with Crippen LogP contribution in [0.4, 0.5) is 0 Å². The van der Waals surface area contributed by atoms with Crippen molar-refractivity contribution in [2.75, 3.05) is 0 Å². The Kier molecular flexibility index (Phi) is 2.35. The number of oxazole rings is 1. The number of aromatic nitrogens is 1. The number of nitrogens with zero attached hydrogens (tertiary/aromatic N) is 1. The highest BCUT2D eigenvalue weighted by atomic mass is 16.3. The van der Waals surface area contributed by atoms with Gasteiger partial charge in [0.05, 0.1) is 5.69 Å².